The molecule has 3 saturated heterocycles. The zero-order valence-corrected chi connectivity index (χ0v) is 14.2. The predicted molar refractivity (Wildman–Crippen MR) is 91.6 cm³/mol. The van der Waals surface area contributed by atoms with Gasteiger partial charge >= 0.3 is 6.03 Å². The Morgan fingerprint density at radius 1 is 1.04 bits per heavy atom. The molecule has 3 aliphatic rings. The Balaban J connectivity index is 1.32. The van der Waals surface area contributed by atoms with Gasteiger partial charge in [-0.05, 0) is 43.4 Å². The van der Waals surface area contributed by atoms with Gasteiger partial charge in [-0.3, -0.25) is 4.90 Å². The lowest BCUT2D eigenvalue weighted by Crippen LogP contribution is -2.46. The second-order valence-electron chi connectivity index (χ2n) is 7.06. The molecule has 2 amide bonds. The van der Waals surface area contributed by atoms with Crippen LogP contribution >= 0.6 is 11.6 Å². The highest BCUT2D eigenvalue weighted by Gasteiger charge is 2.43. The highest BCUT2D eigenvalue weighted by Crippen LogP contribution is 2.30. The molecule has 4 nitrogen and oxygen atoms in total. The number of carbonyl (C=O) groups excluding carboxylic acids is 1. The highest BCUT2D eigenvalue weighted by atomic mass is 35.5. The minimum absolute atomic E-state index is 0.292. The van der Waals surface area contributed by atoms with E-state index in [-0.39, 0.29) is 0 Å². The lowest BCUT2D eigenvalue weighted by Gasteiger charge is -2.36. The Hall–Kier alpha value is -1.26. The van der Waals surface area contributed by atoms with E-state index in [0.29, 0.717) is 18.1 Å². The quantitative estimate of drug-likeness (QED) is 0.849. The molecule has 1 atom stereocenters. The zero-order chi connectivity index (χ0) is 15.8. The molecule has 1 aromatic rings. The molecule has 0 radical (unpaired) electrons. The van der Waals surface area contributed by atoms with E-state index in [0.717, 1.165) is 50.6 Å². The van der Waals surface area contributed by atoms with Crippen molar-refractivity contribution < 1.29 is 4.79 Å². The normalized spacial score (nSPS) is 26.1. The molecule has 0 aliphatic carbocycles. The van der Waals surface area contributed by atoms with E-state index in [1.54, 1.807) is 0 Å². The molecule has 124 valence electrons. The second kappa shape index (κ2) is 6.33. The van der Waals surface area contributed by atoms with Gasteiger partial charge in [0.15, 0.2) is 0 Å². The van der Waals surface area contributed by atoms with Crippen molar-refractivity contribution in [3.8, 4) is 0 Å². The molecule has 1 unspecified atom stereocenters. The van der Waals surface area contributed by atoms with Gasteiger partial charge in [-0.25, -0.2) is 4.79 Å². The fourth-order valence-electron chi connectivity index (χ4n) is 4.34. The first kappa shape index (κ1) is 15.3. The van der Waals surface area contributed by atoms with Gasteiger partial charge in [0.05, 0.1) is 6.04 Å². The highest BCUT2D eigenvalue weighted by molar-refractivity contribution is 6.30. The third-order valence-electron chi connectivity index (χ3n) is 5.57. The number of carbonyl (C=O) groups is 1. The van der Waals surface area contributed by atoms with Gasteiger partial charge in [0.1, 0.15) is 0 Å². The number of fused-ring (bicyclic) bond motifs is 1. The summed E-state index contributed by atoms with van der Waals surface area (Å²) in [5.41, 5.74) is 1.27. The van der Waals surface area contributed by atoms with Gasteiger partial charge in [0.2, 0.25) is 0 Å². The summed E-state index contributed by atoms with van der Waals surface area (Å²) in [7, 11) is 0. The first-order valence-electron chi connectivity index (χ1n) is 8.75. The Bertz CT molecular complexity index is 585. The van der Waals surface area contributed by atoms with Crippen LogP contribution in [0, 0.1) is 0 Å². The topological polar surface area (TPSA) is 26.8 Å². The van der Waals surface area contributed by atoms with Crippen LogP contribution in [0.4, 0.5) is 4.79 Å². The zero-order valence-electron chi connectivity index (χ0n) is 13.5. The number of halogens is 1. The SMILES string of the molecule is O=C1N2CCCC2CN1C1CCN(Cc2cccc(Cl)c2)CC1. The minimum atomic E-state index is 0.292. The number of rotatable bonds is 3. The van der Waals surface area contributed by atoms with Crippen molar-refractivity contribution in [1.82, 2.24) is 14.7 Å². The van der Waals surface area contributed by atoms with Gasteiger partial charge in [-0.15, -0.1) is 0 Å². The molecule has 0 spiro atoms. The molecule has 3 aliphatic heterocycles. The second-order valence-corrected chi connectivity index (χ2v) is 7.50. The average molecular weight is 334 g/mol. The maximum atomic E-state index is 12.5. The van der Waals surface area contributed by atoms with E-state index in [4.69, 9.17) is 11.6 Å². The fourth-order valence-corrected chi connectivity index (χ4v) is 4.55. The van der Waals surface area contributed by atoms with Gasteiger partial charge in [0, 0.05) is 43.8 Å². The van der Waals surface area contributed by atoms with Crippen molar-refractivity contribution in [2.24, 2.45) is 0 Å². The molecule has 0 aromatic heterocycles. The van der Waals surface area contributed by atoms with Crippen LogP contribution in [-0.4, -0.2) is 59.0 Å². The molecular formula is C18H24ClN3O. The largest absolute Gasteiger partial charge is 0.320 e. The number of piperidine rings is 1. The van der Waals surface area contributed by atoms with Crippen LogP contribution < -0.4 is 0 Å². The van der Waals surface area contributed by atoms with Crippen LogP contribution in [0.3, 0.4) is 0 Å². The molecule has 4 rings (SSSR count). The predicted octanol–water partition coefficient (Wildman–Crippen LogP) is 3.20. The summed E-state index contributed by atoms with van der Waals surface area (Å²) in [6.45, 7) is 5.00. The number of hydrogen-bond donors (Lipinski definition) is 0. The van der Waals surface area contributed by atoms with E-state index in [9.17, 15) is 4.79 Å². The Morgan fingerprint density at radius 2 is 1.87 bits per heavy atom. The van der Waals surface area contributed by atoms with Gasteiger partial charge in [-0.1, -0.05) is 23.7 Å². The summed E-state index contributed by atoms with van der Waals surface area (Å²) in [5, 5.41) is 0.806. The van der Waals surface area contributed by atoms with Crippen LogP contribution in [0.25, 0.3) is 0 Å². The number of urea groups is 1. The summed E-state index contributed by atoms with van der Waals surface area (Å²) >= 11 is 6.07. The number of likely N-dealkylation sites (tertiary alicyclic amines) is 1. The Morgan fingerprint density at radius 3 is 2.61 bits per heavy atom. The molecule has 1 aromatic carbocycles. The molecule has 23 heavy (non-hydrogen) atoms. The smallest absolute Gasteiger partial charge is 0.320 e. The maximum absolute atomic E-state index is 12.5. The van der Waals surface area contributed by atoms with Crippen molar-refractivity contribution in [3.63, 3.8) is 0 Å². The van der Waals surface area contributed by atoms with Crippen molar-refractivity contribution >= 4 is 17.6 Å². The summed E-state index contributed by atoms with van der Waals surface area (Å²) in [6, 6.07) is 9.34. The van der Waals surface area contributed by atoms with Crippen molar-refractivity contribution in [2.45, 2.75) is 44.3 Å². The van der Waals surface area contributed by atoms with E-state index in [2.05, 4.69) is 20.8 Å². The van der Waals surface area contributed by atoms with Crippen molar-refractivity contribution in [2.75, 3.05) is 26.2 Å². The van der Waals surface area contributed by atoms with E-state index < -0.39 is 0 Å². The summed E-state index contributed by atoms with van der Waals surface area (Å²) in [5.74, 6) is 0. The van der Waals surface area contributed by atoms with Crippen LogP contribution in [0.15, 0.2) is 24.3 Å². The van der Waals surface area contributed by atoms with E-state index >= 15 is 0 Å². The monoisotopic (exact) mass is 333 g/mol. The number of nitrogens with zero attached hydrogens (tertiary/aromatic N) is 3. The molecular weight excluding hydrogens is 310 g/mol. The average Bonchev–Trinajstić information content (AvgIpc) is 3.12. The molecule has 0 bridgehead atoms. The van der Waals surface area contributed by atoms with Crippen LogP contribution in [0.1, 0.15) is 31.2 Å². The first-order chi connectivity index (χ1) is 11.2. The molecule has 0 N–H and O–H groups in total. The van der Waals surface area contributed by atoms with Crippen molar-refractivity contribution in [3.05, 3.63) is 34.9 Å². The van der Waals surface area contributed by atoms with Crippen LogP contribution in [0.5, 0.6) is 0 Å². The van der Waals surface area contributed by atoms with Gasteiger partial charge in [-0.2, -0.15) is 0 Å². The molecule has 3 fully saturated rings. The lowest BCUT2D eigenvalue weighted by atomic mass is 10.0. The Labute approximate surface area is 143 Å². The third kappa shape index (κ3) is 3.07. The number of hydrogen-bond acceptors (Lipinski definition) is 2. The van der Waals surface area contributed by atoms with Gasteiger partial charge in [0.25, 0.3) is 0 Å². The third-order valence-corrected chi connectivity index (χ3v) is 5.80. The van der Waals surface area contributed by atoms with E-state index in [1.807, 2.05) is 18.2 Å². The first-order valence-corrected chi connectivity index (χ1v) is 9.12. The Kier molecular flexibility index (Phi) is 4.20. The van der Waals surface area contributed by atoms with Crippen LogP contribution in [-0.2, 0) is 6.54 Å². The summed E-state index contributed by atoms with van der Waals surface area (Å²) < 4.78 is 0. The molecule has 3 heterocycles. The summed E-state index contributed by atoms with van der Waals surface area (Å²) in [4.78, 5) is 19.2. The van der Waals surface area contributed by atoms with Gasteiger partial charge < -0.3 is 9.80 Å². The lowest BCUT2D eigenvalue weighted by molar-refractivity contribution is 0.126. The fraction of sp³-hybridized carbons (Fsp3) is 0.611. The van der Waals surface area contributed by atoms with Crippen LogP contribution in [0.2, 0.25) is 5.02 Å². The standard InChI is InChI=1S/C18H24ClN3O/c19-15-4-1-3-14(11-15)12-20-9-6-16(7-10-20)22-13-17-5-2-8-21(17)18(22)23/h1,3-4,11,16-17H,2,5-10,12-13H2. The summed E-state index contributed by atoms with van der Waals surface area (Å²) in [6.07, 6.45) is 4.55. The maximum Gasteiger partial charge on any atom is 0.320 e. The number of benzene rings is 1. The number of amides is 2. The van der Waals surface area contributed by atoms with Crippen molar-refractivity contribution in [1.29, 1.82) is 0 Å². The minimum Gasteiger partial charge on any atom is -0.320 e. The molecule has 5 heteroatoms. The van der Waals surface area contributed by atoms with E-state index in [1.165, 1.54) is 18.4 Å². The molecule has 0 saturated carbocycles.